The van der Waals surface area contributed by atoms with Gasteiger partial charge in [0.25, 0.3) is 0 Å². The molecule has 1 aromatic heterocycles. The lowest BCUT2D eigenvalue weighted by Gasteiger charge is -2.09. The van der Waals surface area contributed by atoms with E-state index in [0.717, 1.165) is 9.13 Å². The predicted molar refractivity (Wildman–Crippen MR) is 83.1 cm³/mol. The lowest BCUT2D eigenvalue weighted by atomic mass is 10.3. The van der Waals surface area contributed by atoms with Gasteiger partial charge in [-0.1, -0.05) is 0 Å². The Morgan fingerprint density at radius 1 is 1.29 bits per heavy atom. The fraction of sp³-hybridized carbons (Fsp3) is 0.154. The maximum absolute atomic E-state index is 11.9. The van der Waals surface area contributed by atoms with E-state index in [-0.39, 0.29) is 6.54 Å². The van der Waals surface area contributed by atoms with Crippen molar-refractivity contribution in [1.29, 1.82) is 0 Å². The summed E-state index contributed by atoms with van der Waals surface area (Å²) in [5.74, 6) is -0.421. The number of carbonyl (C=O) groups excluding carboxylic acids is 1. The van der Waals surface area contributed by atoms with Crippen molar-refractivity contribution in [3.8, 4) is 0 Å². The lowest BCUT2D eigenvalue weighted by molar-refractivity contribution is -0.116. The van der Waals surface area contributed by atoms with Gasteiger partial charge >= 0.3 is 11.1 Å². The molecule has 0 radical (unpaired) electrons. The Morgan fingerprint density at radius 3 is 2.67 bits per heavy atom. The van der Waals surface area contributed by atoms with Crippen LogP contribution in [-0.4, -0.2) is 15.0 Å². The fourth-order valence-electron chi connectivity index (χ4n) is 1.69. The smallest absolute Gasteiger partial charge is 0.316 e. The second-order valence-corrected chi connectivity index (χ2v) is 5.29. The molecule has 0 aliphatic carbocycles. The molecule has 110 valence electrons. The summed E-state index contributed by atoms with van der Waals surface area (Å²) in [4.78, 5) is 35.1. The second kappa shape index (κ2) is 5.96. The van der Waals surface area contributed by atoms with E-state index in [9.17, 15) is 14.4 Å². The Labute approximate surface area is 128 Å². The van der Waals surface area contributed by atoms with Crippen LogP contribution in [0, 0.1) is 0 Å². The van der Waals surface area contributed by atoms with Crippen molar-refractivity contribution in [2.75, 3.05) is 11.1 Å². The number of carbonyl (C=O) groups is 1. The number of aryl methyl sites for hydroxylation is 1. The third kappa shape index (κ3) is 3.40. The topological polar surface area (TPSA) is 99.1 Å². The number of aromatic nitrogens is 2. The van der Waals surface area contributed by atoms with Crippen molar-refractivity contribution < 1.29 is 4.79 Å². The van der Waals surface area contributed by atoms with Gasteiger partial charge in [-0.15, -0.1) is 0 Å². The van der Waals surface area contributed by atoms with Crippen LogP contribution in [0.15, 0.2) is 44.7 Å². The van der Waals surface area contributed by atoms with Crippen LogP contribution >= 0.6 is 15.9 Å². The number of hydrogen-bond acceptors (Lipinski definition) is 4. The van der Waals surface area contributed by atoms with Crippen molar-refractivity contribution >= 4 is 33.2 Å². The van der Waals surface area contributed by atoms with Crippen molar-refractivity contribution in [1.82, 2.24) is 9.13 Å². The van der Waals surface area contributed by atoms with Gasteiger partial charge in [-0.25, -0.2) is 0 Å². The van der Waals surface area contributed by atoms with Crippen LogP contribution < -0.4 is 22.2 Å². The maximum Gasteiger partial charge on any atom is 0.316 e. The first-order chi connectivity index (χ1) is 9.88. The van der Waals surface area contributed by atoms with Crippen LogP contribution in [0.5, 0.6) is 0 Å². The average Bonchev–Trinajstić information content (AvgIpc) is 2.43. The van der Waals surface area contributed by atoms with E-state index in [1.54, 1.807) is 18.2 Å². The Balaban J connectivity index is 2.18. The molecular formula is C13H13BrN4O3. The molecule has 0 atom stereocenters. The minimum Gasteiger partial charge on any atom is -0.399 e. The fourth-order valence-corrected chi connectivity index (χ4v) is 2.19. The molecule has 0 saturated heterocycles. The lowest BCUT2D eigenvalue weighted by Crippen LogP contribution is -2.41. The van der Waals surface area contributed by atoms with E-state index >= 15 is 0 Å². The number of halogens is 1. The minimum absolute atomic E-state index is 0.244. The van der Waals surface area contributed by atoms with E-state index in [1.807, 2.05) is 0 Å². The van der Waals surface area contributed by atoms with Gasteiger partial charge in [0.2, 0.25) is 5.91 Å². The third-order valence-corrected chi connectivity index (χ3v) is 3.47. The highest BCUT2D eigenvalue weighted by Gasteiger charge is 2.09. The molecule has 2 aromatic rings. The molecule has 1 amide bonds. The largest absolute Gasteiger partial charge is 0.399 e. The van der Waals surface area contributed by atoms with Crippen molar-refractivity contribution in [2.24, 2.45) is 7.05 Å². The highest BCUT2D eigenvalue weighted by molar-refractivity contribution is 9.10. The summed E-state index contributed by atoms with van der Waals surface area (Å²) in [6.45, 7) is -0.244. The number of hydrogen-bond donors (Lipinski definition) is 2. The van der Waals surface area contributed by atoms with Crippen molar-refractivity contribution in [3.05, 3.63) is 55.8 Å². The number of nitrogens with zero attached hydrogens (tertiary/aromatic N) is 2. The van der Waals surface area contributed by atoms with Crippen LogP contribution in [0.2, 0.25) is 0 Å². The average molecular weight is 353 g/mol. The van der Waals surface area contributed by atoms with Gasteiger partial charge in [0, 0.05) is 29.6 Å². The van der Waals surface area contributed by atoms with Gasteiger partial charge in [-0.05, 0) is 34.1 Å². The summed E-state index contributed by atoms with van der Waals surface area (Å²) in [5, 5.41) is 2.64. The van der Waals surface area contributed by atoms with E-state index in [4.69, 9.17) is 5.73 Å². The van der Waals surface area contributed by atoms with E-state index in [0.29, 0.717) is 15.8 Å². The van der Waals surface area contributed by atoms with Gasteiger partial charge < -0.3 is 15.6 Å². The quantitative estimate of drug-likeness (QED) is 0.621. The molecule has 0 aliphatic rings. The van der Waals surface area contributed by atoms with Crippen LogP contribution in [0.4, 0.5) is 11.4 Å². The molecule has 0 unspecified atom stereocenters. The monoisotopic (exact) mass is 352 g/mol. The highest BCUT2D eigenvalue weighted by atomic mass is 79.9. The molecule has 7 nitrogen and oxygen atoms in total. The van der Waals surface area contributed by atoms with Crippen LogP contribution in [-0.2, 0) is 18.4 Å². The molecule has 0 bridgehead atoms. The second-order valence-electron chi connectivity index (χ2n) is 4.43. The Kier molecular flexibility index (Phi) is 4.27. The van der Waals surface area contributed by atoms with Crippen LogP contribution in [0.25, 0.3) is 0 Å². The zero-order valence-electron chi connectivity index (χ0n) is 11.2. The summed E-state index contributed by atoms with van der Waals surface area (Å²) in [5.41, 5.74) is 5.27. The Bertz CT molecular complexity index is 810. The van der Waals surface area contributed by atoms with Crippen LogP contribution in [0.3, 0.4) is 0 Å². The van der Waals surface area contributed by atoms with E-state index in [2.05, 4.69) is 21.2 Å². The molecule has 2 rings (SSSR count). The van der Waals surface area contributed by atoms with E-state index < -0.39 is 17.0 Å². The van der Waals surface area contributed by atoms with Gasteiger partial charge in [-0.3, -0.25) is 19.0 Å². The number of nitrogen functional groups attached to an aromatic ring is 1. The SMILES string of the molecule is Cn1ccn(CC(=O)Nc2ccc(N)cc2Br)c(=O)c1=O. The molecule has 0 fully saturated rings. The summed E-state index contributed by atoms with van der Waals surface area (Å²) in [7, 11) is 1.47. The highest BCUT2D eigenvalue weighted by Crippen LogP contribution is 2.24. The standard InChI is InChI=1S/C13H13BrN4O3/c1-17-4-5-18(13(21)12(17)20)7-11(19)16-10-3-2-8(15)6-9(10)14/h2-6H,7,15H2,1H3,(H,16,19). The number of nitrogens with one attached hydrogen (secondary N) is 1. The molecule has 0 spiro atoms. The normalized spacial score (nSPS) is 10.4. The van der Waals surface area contributed by atoms with Crippen LogP contribution in [0.1, 0.15) is 0 Å². The first-order valence-electron chi connectivity index (χ1n) is 5.99. The number of rotatable bonds is 3. The zero-order valence-corrected chi connectivity index (χ0v) is 12.8. The molecular weight excluding hydrogens is 340 g/mol. The van der Waals surface area contributed by atoms with E-state index in [1.165, 1.54) is 19.4 Å². The Morgan fingerprint density at radius 2 is 2.00 bits per heavy atom. The summed E-state index contributed by atoms with van der Waals surface area (Å²) in [6, 6.07) is 4.94. The molecule has 8 heteroatoms. The predicted octanol–water partition coefficient (Wildman–Crippen LogP) is 0.530. The van der Waals surface area contributed by atoms with Gasteiger partial charge in [0.05, 0.1) is 5.69 Å². The molecule has 1 aromatic carbocycles. The molecule has 0 saturated carbocycles. The number of amides is 1. The Hall–Kier alpha value is -2.35. The van der Waals surface area contributed by atoms with Gasteiger partial charge in [0.15, 0.2) is 0 Å². The van der Waals surface area contributed by atoms with Crippen molar-refractivity contribution in [3.63, 3.8) is 0 Å². The summed E-state index contributed by atoms with van der Waals surface area (Å²) in [6.07, 6.45) is 2.82. The molecule has 1 heterocycles. The van der Waals surface area contributed by atoms with Gasteiger partial charge in [-0.2, -0.15) is 0 Å². The number of anilines is 2. The molecule has 0 aliphatic heterocycles. The summed E-state index contributed by atoms with van der Waals surface area (Å²) >= 11 is 3.28. The molecule has 21 heavy (non-hydrogen) atoms. The van der Waals surface area contributed by atoms with Crippen molar-refractivity contribution in [2.45, 2.75) is 6.54 Å². The minimum atomic E-state index is -0.744. The number of nitrogens with two attached hydrogens (primary N) is 1. The maximum atomic E-state index is 11.9. The third-order valence-electron chi connectivity index (χ3n) is 2.82. The summed E-state index contributed by atoms with van der Waals surface area (Å²) < 4.78 is 2.85. The van der Waals surface area contributed by atoms with Gasteiger partial charge in [0.1, 0.15) is 6.54 Å². The first kappa shape index (κ1) is 15.0. The number of benzene rings is 1. The molecule has 3 N–H and O–H groups in total. The first-order valence-corrected chi connectivity index (χ1v) is 6.79. The zero-order chi connectivity index (χ0) is 15.6.